The van der Waals surface area contributed by atoms with Gasteiger partial charge in [-0.05, 0) is 19.8 Å². The van der Waals surface area contributed by atoms with Gasteiger partial charge in [0.2, 0.25) is 0 Å². The Balaban J connectivity index is 2.41. The highest BCUT2D eigenvalue weighted by Crippen LogP contribution is 2.18. The molecule has 0 amide bonds. The summed E-state index contributed by atoms with van der Waals surface area (Å²) in [6, 6.07) is 2.28. The van der Waals surface area contributed by atoms with E-state index in [9.17, 15) is 5.11 Å². The maximum Gasteiger partial charge on any atom is 0.0950 e. The molecule has 4 nitrogen and oxygen atoms in total. The summed E-state index contributed by atoms with van der Waals surface area (Å²) < 4.78 is 0. The van der Waals surface area contributed by atoms with Crippen molar-refractivity contribution in [1.29, 1.82) is 5.26 Å². The number of piperazine rings is 1. The van der Waals surface area contributed by atoms with E-state index in [0.717, 1.165) is 32.7 Å². The molecular formula is C13H25N3O. The van der Waals surface area contributed by atoms with Gasteiger partial charge in [-0.1, -0.05) is 13.8 Å². The van der Waals surface area contributed by atoms with Gasteiger partial charge in [0.1, 0.15) is 0 Å². The fourth-order valence-electron chi connectivity index (χ4n) is 2.03. The molecule has 2 atom stereocenters. The molecule has 1 saturated heterocycles. The van der Waals surface area contributed by atoms with Crippen LogP contribution in [0, 0.1) is 17.2 Å². The zero-order chi connectivity index (χ0) is 13.1. The molecule has 1 aliphatic heterocycles. The van der Waals surface area contributed by atoms with Gasteiger partial charge in [0.25, 0.3) is 0 Å². The van der Waals surface area contributed by atoms with Crippen molar-refractivity contribution in [3.8, 4) is 6.07 Å². The molecule has 1 heterocycles. The highest BCUT2D eigenvalue weighted by atomic mass is 16.3. The molecule has 0 bridgehead atoms. The van der Waals surface area contributed by atoms with Gasteiger partial charge >= 0.3 is 0 Å². The van der Waals surface area contributed by atoms with Crippen molar-refractivity contribution in [3.63, 3.8) is 0 Å². The molecule has 98 valence electrons. The number of aliphatic hydroxyl groups is 1. The SMILES string of the molecule is CC(C#N)N1CCN(CC(C)(O)C(C)C)CC1. The topological polar surface area (TPSA) is 50.5 Å². The van der Waals surface area contributed by atoms with Crippen LogP contribution in [0.1, 0.15) is 27.7 Å². The van der Waals surface area contributed by atoms with Crippen molar-refractivity contribution < 1.29 is 5.11 Å². The molecule has 0 spiro atoms. The van der Waals surface area contributed by atoms with Crippen LogP contribution in [0.25, 0.3) is 0 Å². The molecule has 0 aromatic carbocycles. The van der Waals surface area contributed by atoms with E-state index < -0.39 is 5.60 Å². The zero-order valence-corrected chi connectivity index (χ0v) is 11.5. The first-order valence-electron chi connectivity index (χ1n) is 6.45. The van der Waals surface area contributed by atoms with E-state index in [-0.39, 0.29) is 12.0 Å². The molecule has 0 saturated carbocycles. The number of hydrogen-bond acceptors (Lipinski definition) is 4. The minimum atomic E-state index is -0.622. The summed E-state index contributed by atoms with van der Waals surface area (Å²) in [4.78, 5) is 4.49. The van der Waals surface area contributed by atoms with Gasteiger partial charge in [-0.15, -0.1) is 0 Å². The van der Waals surface area contributed by atoms with Gasteiger partial charge in [0.05, 0.1) is 17.7 Å². The second kappa shape index (κ2) is 5.81. The van der Waals surface area contributed by atoms with Crippen LogP contribution in [-0.2, 0) is 0 Å². The Labute approximate surface area is 105 Å². The normalized spacial score (nSPS) is 24.3. The standard InChI is InChI=1S/C13H25N3O/c1-11(2)13(4,17)10-15-5-7-16(8-6-15)12(3)9-14/h11-12,17H,5-8,10H2,1-4H3. The molecular weight excluding hydrogens is 214 g/mol. The minimum absolute atomic E-state index is 0.00255. The van der Waals surface area contributed by atoms with Crippen molar-refractivity contribution in [2.45, 2.75) is 39.3 Å². The lowest BCUT2D eigenvalue weighted by molar-refractivity contribution is -0.0301. The van der Waals surface area contributed by atoms with Gasteiger partial charge in [0.15, 0.2) is 0 Å². The third kappa shape index (κ3) is 3.95. The monoisotopic (exact) mass is 239 g/mol. The summed E-state index contributed by atoms with van der Waals surface area (Å²) >= 11 is 0. The molecule has 1 N–H and O–H groups in total. The summed E-state index contributed by atoms with van der Waals surface area (Å²) in [6.45, 7) is 12.4. The summed E-state index contributed by atoms with van der Waals surface area (Å²) in [5.41, 5.74) is -0.622. The van der Waals surface area contributed by atoms with E-state index in [1.807, 2.05) is 27.7 Å². The Kier molecular flexibility index (Phi) is 4.93. The van der Waals surface area contributed by atoms with Gasteiger partial charge in [-0.25, -0.2) is 0 Å². The fraction of sp³-hybridized carbons (Fsp3) is 0.923. The quantitative estimate of drug-likeness (QED) is 0.792. The van der Waals surface area contributed by atoms with Crippen LogP contribution in [0.3, 0.4) is 0 Å². The Bertz CT molecular complexity index is 275. The fourth-order valence-corrected chi connectivity index (χ4v) is 2.03. The average molecular weight is 239 g/mol. The molecule has 4 heteroatoms. The predicted molar refractivity (Wildman–Crippen MR) is 68.5 cm³/mol. The van der Waals surface area contributed by atoms with Crippen LogP contribution in [0.4, 0.5) is 0 Å². The highest BCUT2D eigenvalue weighted by Gasteiger charge is 2.30. The van der Waals surface area contributed by atoms with Gasteiger partial charge in [-0.3, -0.25) is 9.80 Å². The number of nitrogens with zero attached hydrogens (tertiary/aromatic N) is 3. The minimum Gasteiger partial charge on any atom is -0.389 e. The van der Waals surface area contributed by atoms with Crippen LogP contribution >= 0.6 is 0 Å². The number of nitriles is 1. The lowest BCUT2D eigenvalue weighted by Gasteiger charge is -2.40. The maximum atomic E-state index is 10.3. The molecule has 0 aliphatic carbocycles. The van der Waals surface area contributed by atoms with E-state index >= 15 is 0 Å². The Morgan fingerprint density at radius 1 is 1.24 bits per heavy atom. The average Bonchev–Trinajstić information content (AvgIpc) is 2.28. The Morgan fingerprint density at radius 3 is 2.18 bits per heavy atom. The number of rotatable bonds is 4. The van der Waals surface area contributed by atoms with Crippen molar-refractivity contribution in [3.05, 3.63) is 0 Å². The molecule has 1 rings (SSSR count). The molecule has 1 aliphatic rings. The maximum absolute atomic E-state index is 10.3. The molecule has 0 aromatic heterocycles. The molecule has 2 unspecified atom stereocenters. The third-order valence-corrected chi connectivity index (χ3v) is 3.93. The van der Waals surface area contributed by atoms with Gasteiger partial charge in [-0.2, -0.15) is 5.26 Å². The van der Waals surface area contributed by atoms with Crippen molar-refractivity contribution >= 4 is 0 Å². The van der Waals surface area contributed by atoms with E-state index in [1.165, 1.54) is 0 Å². The molecule has 0 aromatic rings. The Hall–Kier alpha value is -0.630. The lowest BCUT2D eigenvalue weighted by Crippen LogP contribution is -2.54. The lowest BCUT2D eigenvalue weighted by atomic mass is 9.92. The summed E-state index contributed by atoms with van der Waals surface area (Å²) in [5.74, 6) is 0.263. The van der Waals surface area contributed by atoms with Crippen molar-refractivity contribution in [2.24, 2.45) is 5.92 Å². The third-order valence-electron chi connectivity index (χ3n) is 3.93. The summed E-state index contributed by atoms with van der Waals surface area (Å²) in [7, 11) is 0. The van der Waals surface area contributed by atoms with Crippen LogP contribution < -0.4 is 0 Å². The second-order valence-electron chi connectivity index (χ2n) is 5.63. The van der Waals surface area contributed by atoms with Crippen molar-refractivity contribution in [2.75, 3.05) is 32.7 Å². The van der Waals surface area contributed by atoms with Gasteiger partial charge < -0.3 is 5.11 Å². The van der Waals surface area contributed by atoms with E-state index in [1.54, 1.807) is 0 Å². The largest absolute Gasteiger partial charge is 0.389 e. The number of hydrogen-bond donors (Lipinski definition) is 1. The highest BCUT2D eigenvalue weighted by molar-refractivity contribution is 4.91. The van der Waals surface area contributed by atoms with Crippen molar-refractivity contribution in [1.82, 2.24) is 9.80 Å². The molecule has 17 heavy (non-hydrogen) atoms. The van der Waals surface area contributed by atoms with Crippen LogP contribution in [-0.4, -0.2) is 59.3 Å². The number of β-amino-alcohol motifs (C(OH)–C–C–N with tert-alkyl or cyclic N) is 1. The molecule has 1 fully saturated rings. The first-order valence-corrected chi connectivity index (χ1v) is 6.45. The second-order valence-corrected chi connectivity index (χ2v) is 5.63. The Morgan fingerprint density at radius 2 is 1.76 bits per heavy atom. The van der Waals surface area contributed by atoms with Crippen LogP contribution in [0.2, 0.25) is 0 Å². The van der Waals surface area contributed by atoms with E-state index in [4.69, 9.17) is 5.26 Å². The smallest absolute Gasteiger partial charge is 0.0950 e. The zero-order valence-electron chi connectivity index (χ0n) is 11.5. The predicted octanol–water partition coefficient (Wildman–Crippen LogP) is 0.923. The van der Waals surface area contributed by atoms with Gasteiger partial charge in [0, 0.05) is 32.7 Å². The summed E-state index contributed by atoms with van der Waals surface area (Å²) in [5, 5.41) is 19.1. The first-order chi connectivity index (χ1) is 7.86. The first kappa shape index (κ1) is 14.4. The van der Waals surface area contributed by atoms with E-state index in [0.29, 0.717) is 0 Å². The van der Waals surface area contributed by atoms with E-state index in [2.05, 4.69) is 15.9 Å². The molecule has 0 radical (unpaired) electrons. The van der Waals surface area contributed by atoms with Crippen LogP contribution in [0.5, 0.6) is 0 Å². The summed E-state index contributed by atoms with van der Waals surface area (Å²) in [6.07, 6.45) is 0. The van der Waals surface area contributed by atoms with Crippen LogP contribution in [0.15, 0.2) is 0 Å².